The number of rotatable bonds is 3. The highest BCUT2D eigenvalue weighted by Crippen LogP contribution is 2.31. The van der Waals surface area contributed by atoms with Gasteiger partial charge in [-0.1, -0.05) is 24.3 Å². The van der Waals surface area contributed by atoms with Crippen LogP contribution < -0.4 is 5.32 Å². The van der Waals surface area contributed by atoms with Crippen molar-refractivity contribution in [2.75, 3.05) is 26.7 Å². The summed E-state index contributed by atoms with van der Waals surface area (Å²) in [4.78, 5) is 2.47. The van der Waals surface area contributed by atoms with Crippen molar-refractivity contribution in [1.82, 2.24) is 10.2 Å². The van der Waals surface area contributed by atoms with E-state index in [-0.39, 0.29) is 0 Å². The molecule has 18 heavy (non-hydrogen) atoms. The fourth-order valence-electron chi connectivity index (χ4n) is 3.52. The molecule has 1 saturated heterocycles. The van der Waals surface area contributed by atoms with Crippen molar-refractivity contribution in [3.05, 3.63) is 35.4 Å². The number of hydrogen-bond donors (Lipinski definition) is 1. The maximum atomic E-state index is 3.80. The summed E-state index contributed by atoms with van der Waals surface area (Å²) < 4.78 is 0. The molecule has 1 N–H and O–H groups in total. The van der Waals surface area contributed by atoms with Gasteiger partial charge in [-0.25, -0.2) is 0 Å². The Morgan fingerprint density at radius 3 is 3.06 bits per heavy atom. The number of nitrogens with one attached hydrogen (secondary N) is 1. The van der Waals surface area contributed by atoms with E-state index in [2.05, 4.69) is 41.5 Å². The Hall–Kier alpha value is -0.860. The molecular weight excluding hydrogens is 220 g/mol. The van der Waals surface area contributed by atoms with E-state index >= 15 is 0 Å². The molecule has 0 bridgehead atoms. The van der Waals surface area contributed by atoms with Gasteiger partial charge in [0.25, 0.3) is 0 Å². The van der Waals surface area contributed by atoms with Crippen molar-refractivity contribution in [2.45, 2.75) is 31.7 Å². The number of aryl methyl sites for hydroxylation is 1. The van der Waals surface area contributed by atoms with Gasteiger partial charge in [-0.3, -0.25) is 0 Å². The Morgan fingerprint density at radius 2 is 2.17 bits per heavy atom. The summed E-state index contributed by atoms with van der Waals surface area (Å²) in [5, 5.41) is 3.80. The number of hydrogen-bond acceptors (Lipinski definition) is 2. The fraction of sp³-hybridized carbons (Fsp3) is 0.625. The first-order valence-corrected chi connectivity index (χ1v) is 7.32. The Labute approximate surface area is 110 Å². The third-order valence-electron chi connectivity index (χ3n) is 4.51. The molecule has 1 aliphatic carbocycles. The lowest BCUT2D eigenvalue weighted by atomic mass is 9.98. The Morgan fingerprint density at radius 1 is 1.28 bits per heavy atom. The maximum Gasteiger partial charge on any atom is 0.0326 e. The molecule has 1 aliphatic heterocycles. The van der Waals surface area contributed by atoms with Crippen LogP contribution in [0.4, 0.5) is 0 Å². The van der Waals surface area contributed by atoms with Gasteiger partial charge >= 0.3 is 0 Å². The van der Waals surface area contributed by atoms with Gasteiger partial charge in [0, 0.05) is 12.6 Å². The molecule has 2 atom stereocenters. The van der Waals surface area contributed by atoms with Gasteiger partial charge in [0.2, 0.25) is 0 Å². The predicted molar refractivity (Wildman–Crippen MR) is 75.7 cm³/mol. The Balaban J connectivity index is 1.55. The summed E-state index contributed by atoms with van der Waals surface area (Å²) in [6.07, 6.45) is 5.29. The molecule has 1 heterocycles. The van der Waals surface area contributed by atoms with Crippen LogP contribution in [0.25, 0.3) is 0 Å². The van der Waals surface area contributed by atoms with Gasteiger partial charge in [-0.15, -0.1) is 0 Å². The summed E-state index contributed by atoms with van der Waals surface area (Å²) in [5.41, 5.74) is 3.09. The van der Waals surface area contributed by atoms with E-state index in [1.54, 1.807) is 11.1 Å². The van der Waals surface area contributed by atoms with Gasteiger partial charge in [0.05, 0.1) is 0 Å². The second-order valence-corrected chi connectivity index (χ2v) is 5.97. The number of nitrogens with zero attached hydrogens (tertiary/aromatic N) is 1. The second kappa shape index (κ2) is 5.41. The molecule has 0 amide bonds. The molecule has 2 nitrogen and oxygen atoms in total. The van der Waals surface area contributed by atoms with Crippen molar-refractivity contribution < 1.29 is 0 Å². The van der Waals surface area contributed by atoms with Crippen LogP contribution in [-0.2, 0) is 6.42 Å². The smallest absolute Gasteiger partial charge is 0.0326 e. The van der Waals surface area contributed by atoms with E-state index in [1.807, 2.05) is 0 Å². The predicted octanol–water partition coefficient (Wildman–Crippen LogP) is 2.61. The van der Waals surface area contributed by atoms with E-state index in [0.29, 0.717) is 6.04 Å². The SMILES string of the molecule is CN1CCCC(CNC2CCc3ccccc32)C1. The van der Waals surface area contributed by atoms with Crippen molar-refractivity contribution in [3.63, 3.8) is 0 Å². The van der Waals surface area contributed by atoms with Crippen molar-refractivity contribution in [3.8, 4) is 0 Å². The third-order valence-corrected chi connectivity index (χ3v) is 4.51. The molecule has 0 spiro atoms. The molecule has 0 saturated carbocycles. The molecule has 1 aromatic rings. The van der Waals surface area contributed by atoms with Crippen molar-refractivity contribution in [1.29, 1.82) is 0 Å². The second-order valence-electron chi connectivity index (χ2n) is 5.97. The fourth-order valence-corrected chi connectivity index (χ4v) is 3.52. The Bertz CT molecular complexity index is 402. The van der Waals surface area contributed by atoms with Crippen LogP contribution in [0.1, 0.15) is 36.4 Å². The van der Waals surface area contributed by atoms with Crippen LogP contribution in [-0.4, -0.2) is 31.6 Å². The van der Waals surface area contributed by atoms with Gasteiger partial charge in [-0.05, 0) is 62.9 Å². The molecular formula is C16H24N2. The van der Waals surface area contributed by atoms with E-state index in [0.717, 1.165) is 5.92 Å². The van der Waals surface area contributed by atoms with Gasteiger partial charge in [-0.2, -0.15) is 0 Å². The minimum absolute atomic E-state index is 0.605. The minimum Gasteiger partial charge on any atom is -0.310 e. The van der Waals surface area contributed by atoms with Crippen molar-refractivity contribution >= 4 is 0 Å². The van der Waals surface area contributed by atoms with Crippen LogP contribution in [0, 0.1) is 5.92 Å². The molecule has 1 fully saturated rings. The maximum absolute atomic E-state index is 3.80. The topological polar surface area (TPSA) is 15.3 Å². The van der Waals surface area contributed by atoms with Crippen LogP contribution in [0.15, 0.2) is 24.3 Å². The zero-order chi connectivity index (χ0) is 12.4. The number of benzene rings is 1. The highest BCUT2D eigenvalue weighted by molar-refractivity contribution is 5.34. The summed E-state index contributed by atoms with van der Waals surface area (Å²) >= 11 is 0. The first-order valence-electron chi connectivity index (χ1n) is 7.32. The lowest BCUT2D eigenvalue weighted by Crippen LogP contribution is -2.38. The molecule has 0 aromatic heterocycles. The number of fused-ring (bicyclic) bond motifs is 1. The van der Waals surface area contributed by atoms with Crippen LogP contribution in [0.2, 0.25) is 0 Å². The standard InChI is InChI=1S/C16H24N2/c1-18-10-4-5-13(12-18)11-17-16-9-8-14-6-2-3-7-15(14)16/h2-3,6-7,13,16-17H,4-5,8-12H2,1H3. The van der Waals surface area contributed by atoms with E-state index in [1.165, 1.54) is 45.3 Å². The summed E-state index contributed by atoms with van der Waals surface area (Å²) in [7, 11) is 2.25. The highest BCUT2D eigenvalue weighted by Gasteiger charge is 2.23. The number of likely N-dealkylation sites (tertiary alicyclic amines) is 1. The molecule has 98 valence electrons. The van der Waals surface area contributed by atoms with Crippen LogP contribution in [0.3, 0.4) is 0 Å². The molecule has 3 rings (SSSR count). The zero-order valence-electron chi connectivity index (χ0n) is 11.4. The first kappa shape index (κ1) is 12.2. The average Bonchev–Trinajstić information content (AvgIpc) is 2.80. The van der Waals surface area contributed by atoms with Crippen molar-refractivity contribution in [2.24, 2.45) is 5.92 Å². The normalized spacial score (nSPS) is 28.3. The molecule has 2 unspecified atom stereocenters. The molecule has 2 aliphatic rings. The average molecular weight is 244 g/mol. The van der Waals surface area contributed by atoms with Gasteiger partial charge in [0.15, 0.2) is 0 Å². The zero-order valence-corrected chi connectivity index (χ0v) is 11.4. The van der Waals surface area contributed by atoms with E-state index in [9.17, 15) is 0 Å². The van der Waals surface area contributed by atoms with E-state index in [4.69, 9.17) is 0 Å². The van der Waals surface area contributed by atoms with Gasteiger partial charge < -0.3 is 10.2 Å². The lowest BCUT2D eigenvalue weighted by Gasteiger charge is -2.30. The lowest BCUT2D eigenvalue weighted by molar-refractivity contribution is 0.202. The summed E-state index contributed by atoms with van der Waals surface area (Å²) in [5.74, 6) is 0.844. The molecule has 1 aromatic carbocycles. The quantitative estimate of drug-likeness (QED) is 0.879. The molecule has 0 radical (unpaired) electrons. The van der Waals surface area contributed by atoms with Crippen LogP contribution in [0.5, 0.6) is 0 Å². The largest absolute Gasteiger partial charge is 0.310 e. The van der Waals surface area contributed by atoms with E-state index < -0.39 is 0 Å². The minimum atomic E-state index is 0.605. The Kier molecular flexibility index (Phi) is 3.67. The van der Waals surface area contributed by atoms with Crippen LogP contribution >= 0.6 is 0 Å². The third kappa shape index (κ3) is 2.60. The summed E-state index contributed by atoms with van der Waals surface area (Å²) in [6.45, 7) is 3.73. The number of piperidine rings is 1. The summed E-state index contributed by atoms with van der Waals surface area (Å²) in [6, 6.07) is 9.52. The van der Waals surface area contributed by atoms with Gasteiger partial charge in [0.1, 0.15) is 0 Å². The monoisotopic (exact) mass is 244 g/mol. The first-order chi connectivity index (χ1) is 8.83. The molecule has 2 heteroatoms. The highest BCUT2D eigenvalue weighted by atomic mass is 15.1.